The Morgan fingerprint density at radius 2 is 2.05 bits per heavy atom. The molecular formula is C11H10N2O4S2. The normalized spacial score (nSPS) is 19.6. The van der Waals surface area contributed by atoms with Crippen molar-refractivity contribution in [3.8, 4) is 0 Å². The van der Waals surface area contributed by atoms with E-state index in [1.54, 1.807) is 11.8 Å². The number of carbonyl (C=O) groups is 2. The summed E-state index contributed by atoms with van der Waals surface area (Å²) >= 11 is 1.54. The van der Waals surface area contributed by atoms with Crippen molar-refractivity contribution in [2.24, 2.45) is 0 Å². The van der Waals surface area contributed by atoms with Crippen molar-refractivity contribution in [1.82, 2.24) is 4.31 Å². The maximum absolute atomic E-state index is 12.3. The molecule has 0 saturated carbocycles. The fraction of sp³-hybridized carbons (Fsp3) is 0.273. The third-order valence-corrected chi connectivity index (χ3v) is 6.02. The highest BCUT2D eigenvalue weighted by molar-refractivity contribution is 8.00. The lowest BCUT2D eigenvalue weighted by Crippen LogP contribution is -2.28. The number of fused-ring (bicyclic) bond motifs is 1. The number of sulfonamides is 1. The van der Waals surface area contributed by atoms with Crippen LogP contribution >= 0.6 is 11.8 Å². The summed E-state index contributed by atoms with van der Waals surface area (Å²) in [6.07, 6.45) is 0. The van der Waals surface area contributed by atoms with Crippen LogP contribution in [0.25, 0.3) is 0 Å². The average molecular weight is 298 g/mol. The van der Waals surface area contributed by atoms with E-state index < -0.39 is 21.7 Å². The molecule has 6 nitrogen and oxygen atoms in total. The van der Waals surface area contributed by atoms with Gasteiger partial charge in [0.2, 0.25) is 10.0 Å². The summed E-state index contributed by atoms with van der Waals surface area (Å²) in [5.74, 6) is -0.225. The number of nitrogens with one attached hydrogen (secondary N) is 1. The lowest BCUT2D eigenvalue weighted by molar-refractivity contribution is -0.112. The van der Waals surface area contributed by atoms with Crippen LogP contribution in [0.3, 0.4) is 0 Å². The van der Waals surface area contributed by atoms with Crippen LogP contribution in [0, 0.1) is 0 Å². The summed E-state index contributed by atoms with van der Waals surface area (Å²) in [7, 11) is -3.58. The molecule has 1 fully saturated rings. The molecule has 2 aliphatic rings. The first-order chi connectivity index (χ1) is 9.00. The van der Waals surface area contributed by atoms with Crippen LogP contribution in [-0.2, 0) is 14.8 Å². The molecule has 2 aliphatic heterocycles. The predicted molar refractivity (Wildman–Crippen MR) is 70.6 cm³/mol. The molecule has 1 amide bonds. The summed E-state index contributed by atoms with van der Waals surface area (Å²) in [5.41, 5.74) is 0.489. The molecule has 2 heterocycles. The molecule has 3 rings (SSSR count). The molecule has 0 atom stereocenters. The van der Waals surface area contributed by atoms with Crippen LogP contribution in [0.2, 0.25) is 0 Å². The number of benzene rings is 1. The topological polar surface area (TPSA) is 83.6 Å². The van der Waals surface area contributed by atoms with Gasteiger partial charge >= 0.3 is 0 Å². The van der Waals surface area contributed by atoms with Gasteiger partial charge in [0.15, 0.2) is 0 Å². The molecule has 1 N–H and O–H groups in total. The molecule has 8 heteroatoms. The van der Waals surface area contributed by atoms with Crippen LogP contribution in [0.1, 0.15) is 10.4 Å². The van der Waals surface area contributed by atoms with Crippen molar-refractivity contribution in [2.45, 2.75) is 4.90 Å². The summed E-state index contributed by atoms with van der Waals surface area (Å²) in [6, 6.07) is 4.14. The van der Waals surface area contributed by atoms with E-state index in [9.17, 15) is 18.0 Å². The first-order valence-electron chi connectivity index (χ1n) is 5.58. The number of hydrogen-bond acceptors (Lipinski definition) is 5. The van der Waals surface area contributed by atoms with Crippen molar-refractivity contribution in [1.29, 1.82) is 0 Å². The Kier molecular flexibility index (Phi) is 2.88. The average Bonchev–Trinajstić information content (AvgIpc) is 3.00. The van der Waals surface area contributed by atoms with Crippen molar-refractivity contribution in [3.05, 3.63) is 23.8 Å². The Morgan fingerprint density at radius 1 is 1.26 bits per heavy atom. The van der Waals surface area contributed by atoms with Gasteiger partial charge in [0.1, 0.15) is 0 Å². The minimum absolute atomic E-state index is 0.0543. The van der Waals surface area contributed by atoms with Crippen molar-refractivity contribution < 1.29 is 18.0 Å². The van der Waals surface area contributed by atoms with E-state index >= 15 is 0 Å². The van der Waals surface area contributed by atoms with Crippen molar-refractivity contribution >= 4 is 39.2 Å². The zero-order chi connectivity index (χ0) is 13.6. The summed E-state index contributed by atoms with van der Waals surface area (Å²) < 4.78 is 26.0. The summed E-state index contributed by atoms with van der Waals surface area (Å²) in [6.45, 7) is 0.467. The van der Waals surface area contributed by atoms with Gasteiger partial charge < -0.3 is 5.32 Å². The smallest absolute Gasteiger partial charge is 0.296 e. The summed E-state index contributed by atoms with van der Waals surface area (Å²) in [4.78, 5) is 22.9. The Morgan fingerprint density at radius 3 is 2.74 bits per heavy atom. The van der Waals surface area contributed by atoms with Gasteiger partial charge in [-0.3, -0.25) is 9.59 Å². The first-order valence-corrected chi connectivity index (χ1v) is 8.17. The summed E-state index contributed by atoms with van der Waals surface area (Å²) in [5, 5.41) is 2.39. The van der Waals surface area contributed by atoms with Crippen LogP contribution in [0.4, 0.5) is 5.69 Å². The molecule has 1 aromatic rings. The minimum Gasteiger partial charge on any atom is -0.318 e. The minimum atomic E-state index is -3.58. The van der Waals surface area contributed by atoms with Crippen LogP contribution in [-0.4, -0.2) is 42.6 Å². The monoisotopic (exact) mass is 298 g/mol. The number of rotatable bonds is 2. The molecule has 0 aliphatic carbocycles. The van der Waals surface area contributed by atoms with Gasteiger partial charge in [-0.05, 0) is 18.2 Å². The standard InChI is InChI=1S/C11H10N2O4S2/c14-10-8-5-7(1-2-9(8)12-11(10)15)19(16,17)13-3-4-18-6-13/h1-2,5H,3-4,6H2,(H,12,14,15). The number of Topliss-reactive ketones (excluding diaryl/α,β-unsaturated/α-hetero) is 1. The number of ketones is 1. The van der Waals surface area contributed by atoms with Gasteiger partial charge in [0, 0.05) is 12.3 Å². The van der Waals surface area contributed by atoms with Gasteiger partial charge in [-0.2, -0.15) is 4.31 Å². The largest absolute Gasteiger partial charge is 0.318 e. The van der Waals surface area contributed by atoms with E-state index in [0.717, 1.165) is 5.75 Å². The number of amides is 1. The lowest BCUT2D eigenvalue weighted by Gasteiger charge is -2.15. The maximum atomic E-state index is 12.3. The van der Waals surface area contributed by atoms with Crippen molar-refractivity contribution in [3.63, 3.8) is 0 Å². The van der Waals surface area contributed by atoms with Gasteiger partial charge in [-0.25, -0.2) is 8.42 Å². The lowest BCUT2D eigenvalue weighted by atomic mass is 10.1. The second-order valence-corrected chi connectivity index (χ2v) is 7.22. The van der Waals surface area contributed by atoms with E-state index in [-0.39, 0.29) is 10.5 Å². The van der Waals surface area contributed by atoms with Gasteiger partial charge in [-0.15, -0.1) is 11.8 Å². The number of hydrogen-bond donors (Lipinski definition) is 1. The molecule has 0 spiro atoms. The molecule has 19 heavy (non-hydrogen) atoms. The molecule has 100 valence electrons. The number of anilines is 1. The molecule has 0 bridgehead atoms. The van der Waals surface area contributed by atoms with E-state index in [0.29, 0.717) is 18.1 Å². The van der Waals surface area contributed by atoms with Crippen LogP contribution in [0.5, 0.6) is 0 Å². The van der Waals surface area contributed by atoms with E-state index in [1.165, 1.54) is 22.5 Å². The molecule has 1 saturated heterocycles. The second-order valence-electron chi connectivity index (χ2n) is 4.21. The maximum Gasteiger partial charge on any atom is 0.296 e. The van der Waals surface area contributed by atoms with Gasteiger partial charge in [0.25, 0.3) is 11.7 Å². The Bertz CT molecular complexity index is 678. The predicted octanol–water partition coefficient (Wildman–Crippen LogP) is 0.516. The third kappa shape index (κ3) is 1.96. The molecular weight excluding hydrogens is 288 g/mol. The van der Waals surface area contributed by atoms with Gasteiger partial charge in [0.05, 0.1) is 22.0 Å². The Labute approximate surface area is 114 Å². The van der Waals surface area contributed by atoms with Crippen molar-refractivity contribution in [2.75, 3.05) is 23.5 Å². The van der Waals surface area contributed by atoms with E-state index in [2.05, 4.69) is 5.32 Å². The van der Waals surface area contributed by atoms with Gasteiger partial charge in [-0.1, -0.05) is 0 Å². The highest BCUT2D eigenvalue weighted by Gasteiger charge is 2.32. The Balaban J connectivity index is 2.04. The SMILES string of the molecule is O=C1Nc2ccc(S(=O)(=O)N3CCSC3)cc2C1=O. The highest BCUT2D eigenvalue weighted by Crippen LogP contribution is 2.29. The quantitative estimate of drug-likeness (QED) is 0.805. The number of thioether (sulfide) groups is 1. The highest BCUT2D eigenvalue weighted by atomic mass is 32.2. The first kappa shape index (κ1) is 12.6. The van der Waals surface area contributed by atoms with E-state index in [4.69, 9.17) is 0 Å². The van der Waals surface area contributed by atoms with E-state index in [1.807, 2.05) is 0 Å². The number of carbonyl (C=O) groups excluding carboxylic acids is 2. The number of nitrogens with zero attached hydrogens (tertiary/aromatic N) is 1. The second kappa shape index (κ2) is 4.32. The molecule has 0 radical (unpaired) electrons. The fourth-order valence-electron chi connectivity index (χ4n) is 2.02. The van der Waals surface area contributed by atoms with Crippen LogP contribution < -0.4 is 5.32 Å². The van der Waals surface area contributed by atoms with Crippen LogP contribution in [0.15, 0.2) is 23.1 Å². The molecule has 0 unspecified atom stereocenters. The third-order valence-electron chi connectivity index (χ3n) is 3.05. The molecule has 0 aromatic heterocycles. The fourth-order valence-corrected chi connectivity index (χ4v) is 4.86. The zero-order valence-corrected chi connectivity index (χ0v) is 11.4. The molecule has 1 aromatic carbocycles. The zero-order valence-electron chi connectivity index (χ0n) is 9.75. The Hall–Kier alpha value is -1.38.